The zero-order valence-electron chi connectivity index (χ0n) is 12.5. The lowest BCUT2D eigenvalue weighted by Gasteiger charge is -2.13. The number of aryl methyl sites for hydroxylation is 1. The first-order valence-corrected chi connectivity index (χ1v) is 7.39. The van der Waals surface area contributed by atoms with Crippen LogP contribution in [0.2, 0.25) is 0 Å². The molecule has 0 fully saturated rings. The van der Waals surface area contributed by atoms with Gasteiger partial charge in [0.25, 0.3) is 0 Å². The summed E-state index contributed by atoms with van der Waals surface area (Å²) in [5.74, 6) is 0.862. The number of hydrogen-bond donors (Lipinski definition) is 1. The van der Waals surface area contributed by atoms with Crippen LogP contribution in [0.1, 0.15) is 24.1 Å². The van der Waals surface area contributed by atoms with E-state index in [2.05, 4.69) is 31.2 Å². The van der Waals surface area contributed by atoms with E-state index in [1.807, 2.05) is 30.3 Å². The fourth-order valence-electron chi connectivity index (χ4n) is 2.04. The van der Waals surface area contributed by atoms with Gasteiger partial charge >= 0.3 is 0 Å². The normalized spacial score (nSPS) is 12.1. The maximum atomic E-state index is 6.11. The van der Waals surface area contributed by atoms with E-state index in [9.17, 15) is 0 Å². The third kappa shape index (κ3) is 5.21. The summed E-state index contributed by atoms with van der Waals surface area (Å²) in [7, 11) is 0. The molecule has 3 heteroatoms. The Morgan fingerprint density at radius 2 is 1.67 bits per heavy atom. The monoisotopic (exact) mass is 285 g/mol. The van der Waals surface area contributed by atoms with E-state index in [0.29, 0.717) is 19.8 Å². The Hall–Kier alpha value is -1.84. The van der Waals surface area contributed by atoms with Gasteiger partial charge in [0.15, 0.2) is 0 Å². The Labute approximate surface area is 126 Å². The summed E-state index contributed by atoms with van der Waals surface area (Å²) in [5.41, 5.74) is 8.54. The molecule has 0 radical (unpaired) electrons. The topological polar surface area (TPSA) is 44.5 Å². The van der Waals surface area contributed by atoms with Crippen LogP contribution in [-0.2, 0) is 11.2 Å². The van der Waals surface area contributed by atoms with Gasteiger partial charge < -0.3 is 15.2 Å². The molecule has 0 amide bonds. The molecule has 0 aliphatic heterocycles. The summed E-state index contributed by atoms with van der Waals surface area (Å²) in [6, 6.07) is 18.0. The van der Waals surface area contributed by atoms with Crippen molar-refractivity contribution in [2.24, 2.45) is 5.73 Å². The van der Waals surface area contributed by atoms with Crippen molar-refractivity contribution in [1.29, 1.82) is 0 Å². The van der Waals surface area contributed by atoms with E-state index in [1.165, 1.54) is 5.56 Å². The Balaban J connectivity index is 1.65. The van der Waals surface area contributed by atoms with Gasteiger partial charge in [-0.1, -0.05) is 49.4 Å². The van der Waals surface area contributed by atoms with Crippen molar-refractivity contribution < 1.29 is 9.47 Å². The van der Waals surface area contributed by atoms with Crippen LogP contribution in [0.25, 0.3) is 0 Å². The average molecular weight is 285 g/mol. The number of hydrogen-bond acceptors (Lipinski definition) is 3. The number of rotatable bonds is 8. The minimum absolute atomic E-state index is 0.0902. The molecule has 1 atom stereocenters. The lowest BCUT2D eigenvalue weighted by atomic mass is 10.1. The molecule has 3 nitrogen and oxygen atoms in total. The maximum absolute atomic E-state index is 6.11. The van der Waals surface area contributed by atoms with Gasteiger partial charge in [-0.3, -0.25) is 0 Å². The molecule has 21 heavy (non-hydrogen) atoms. The Morgan fingerprint density at radius 1 is 0.952 bits per heavy atom. The van der Waals surface area contributed by atoms with Crippen LogP contribution in [0, 0.1) is 0 Å². The van der Waals surface area contributed by atoms with Gasteiger partial charge in [0, 0.05) is 0 Å². The highest BCUT2D eigenvalue weighted by Crippen LogP contribution is 2.12. The van der Waals surface area contributed by atoms with Gasteiger partial charge in [-0.2, -0.15) is 0 Å². The quantitative estimate of drug-likeness (QED) is 0.757. The highest BCUT2D eigenvalue weighted by molar-refractivity contribution is 5.24. The van der Waals surface area contributed by atoms with Crippen LogP contribution in [0.15, 0.2) is 54.6 Å². The minimum Gasteiger partial charge on any atom is -0.491 e. The minimum atomic E-state index is -0.0902. The molecule has 2 N–H and O–H groups in total. The van der Waals surface area contributed by atoms with Crippen molar-refractivity contribution in [3.8, 4) is 5.75 Å². The molecule has 112 valence electrons. The molecule has 0 saturated heterocycles. The Bertz CT molecular complexity index is 511. The molecule has 0 aliphatic carbocycles. The molecular weight excluding hydrogens is 262 g/mol. The number of nitrogens with two attached hydrogens (primary N) is 1. The predicted octanol–water partition coefficient (Wildman–Crippen LogP) is 3.34. The molecule has 1 unspecified atom stereocenters. The zero-order chi connectivity index (χ0) is 14.9. The highest BCUT2D eigenvalue weighted by atomic mass is 16.5. The van der Waals surface area contributed by atoms with Crippen LogP contribution in [0.4, 0.5) is 0 Å². The number of para-hydroxylation sites is 1. The van der Waals surface area contributed by atoms with E-state index in [0.717, 1.165) is 17.7 Å². The molecule has 2 rings (SSSR count). The van der Waals surface area contributed by atoms with Crippen LogP contribution in [0.3, 0.4) is 0 Å². The molecule has 0 aromatic heterocycles. The van der Waals surface area contributed by atoms with Gasteiger partial charge in [0.05, 0.1) is 19.3 Å². The van der Waals surface area contributed by atoms with Crippen molar-refractivity contribution in [2.75, 3.05) is 19.8 Å². The third-order valence-corrected chi connectivity index (χ3v) is 3.35. The van der Waals surface area contributed by atoms with Gasteiger partial charge in [-0.05, 0) is 29.7 Å². The molecule has 0 bridgehead atoms. The van der Waals surface area contributed by atoms with Crippen molar-refractivity contribution in [1.82, 2.24) is 0 Å². The Kier molecular flexibility index (Phi) is 6.25. The van der Waals surface area contributed by atoms with Gasteiger partial charge in [0.2, 0.25) is 0 Å². The molecule has 0 aliphatic rings. The van der Waals surface area contributed by atoms with E-state index >= 15 is 0 Å². The summed E-state index contributed by atoms with van der Waals surface area (Å²) in [4.78, 5) is 0. The fraction of sp³-hybridized carbons (Fsp3) is 0.333. The molecule has 2 aromatic rings. The molecule has 0 heterocycles. The van der Waals surface area contributed by atoms with E-state index in [1.54, 1.807) is 0 Å². The molecule has 2 aromatic carbocycles. The van der Waals surface area contributed by atoms with Crippen LogP contribution >= 0.6 is 0 Å². The number of ether oxygens (including phenoxy) is 2. The lowest BCUT2D eigenvalue weighted by molar-refractivity contribution is 0.0903. The second-order valence-corrected chi connectivity index (χ2v) is 4.94. The average Bonchev–Trinajstić information content (AvgIpc) is 2.55. The zero-order valence-corrected chi connectivity index (χ0v) is 12.5. The smallest absolute Gasteiger partial charge is 0.119 e. The van der Waals surface area contributed by atoms with E-state index in [-0.39, 0.29) is 6.04 Å². The molecule has 0 spiro atoms. The van der Waals surface area contributed by atoms with Crippen LogP contribution < -0.4 is 10.5 Å². The second-order valence-electron chi connectivity index (χ2n) is 4.94. The van der Waals surface area contributed by atoms with Gasteiger partial charge in [-0.15, -0.1) is 0 Å². The number of benzene rings is 2. The summed E-state index contributed by atoms with van der Waals surface area (Å²) in [6.07, 6.45) is 1.04. The van der Waals surface area contributed by atoms with Gasteiger partial charge in [-0.25, -0.2) is 0 Å². The Morgan fingerprint density at radius 3 is 2.33 bits per heavy atom. The van der Waals surface area contributed by atoms with E-state index in [4.69, 9.17) is 15.2 Å². The van der Waals surface area contributed by atoms with E-state index < -0.39 is 0 Å². The third-order valence-electron chi connectivity index (χ3n) is 3.35. The summed E-state index contributed by atoms with van der Waals surface area (Å²) < 4.78 is 11.1. The van der Waals surface area contributed by atoms with Crippen molar-refractivity contribution >= 4 is 0 Å². The van der Waals surface area contributed by atoms with Crippen molar-refractivity contribution in [3.63, 3.8) is 0 Å². The summed E-state index contributed by atoms with van der Waals surface area (Å²) >= 11 is 0. The maximum Gasteiger partial charge on any atom is 0.119 e. The predicted molar refractivity (Wildman–Crippen MR) is 85.5 cm³/mol. The lowest BCUT2D eigenvalue weighted by Crippen LogP contribution is -2.19. The SMILES string of the molecule is CCc1ccc(C(N)COCCOc2ccccc2)cc1. The summed E-state index contributed by atoms with van der Waals surface area (Å²) in [5, 5.41) is 0. The van der Waals surface area contributed by atoms with Gasteiger partial charge in [0.1, 0.15) is 12.4 Å². The van der Waals surface area contributed by atoms with Crippen molar-refractivity contribution in [3.05, 3.63) is 65.7 Å². The first-order valence-electron chi connectivity index (χ1n) is 7.39. The summed E-state index contributed by atoms with van der Waals surface area (Å²) in [6.45, 7) is 3.72. The molecular formula is C18H23NO2. The van der Waals surface area contributed by atoms with Crippen LogP contribution in [0.5, 0.6) is 5.75 Å². The molecule has 0 saturated carbocycles. The second kappa shape index (κ2) is 8.45. The fourth-order valence-corrected chi connectivity index (χ4v) is 2.04. The first-order chi connectivity index (χ1) is 10.3. The largest absolute Gasteiger partial charge is 0.491 e. The van der Waals surface area contributed by atoms with Crippen molar-refractivity contribution in [2.45, 2.75) is 19.4 Å². The standard InChI is InChI=1S/C18H23NO2/c1-2-15-8-10-16(11-9-15)18(19)14-20-12-13-21-17-6-4-3-5-7-17/h3-11,18H,2,12-14,19H2,1H3. The first kappa shape index (κ1) is 15.5. The van der Waals surface area contributed by atoms with Crippen LogP contribution in [-0.4, -0.2) is 19.8 Å². The highest BCUT2D eigenvalue weighted by Gasteiger charge is 2.05.